The number of ether oxygens (including phenoxy) is 2. The Balaban J connectivity index is 3.30. The van der Waals surface area contributed by atoms with E-state index in [9.17, 15) is 18.0 Å². The maximum absolute atomic E-state index is 12.1. The molecule has 1 aromatic rings. The van der Waals surface area contributed by atoms with E-state index >= 15 is 0 Å². The molecule has 17 heavy (non-hydrogen) atoms. The molecule has 0 amide bonds. The minimum atomic E-state index is -4.96. The van der Waals surface area contributed by atoms with Crippen molar-refractivity contribution >= 4 is 23.3 Å². The largest absolute Gasteiger partial charge is 0.573 e. The summed E-state index contributed by atoms with van der Waals surface area (Å²) in [5.41, 5.74) is 4.61. The number of benzene rings is 1. The average molecular weight is 270 g/mol. The highest BCUT2D eigenvalue weighted by molar-refractivity contribution is 6.31. The SMILES string of the molecule is COC(=O)c1c(N)cc(Cl)cc1OC(F)(F)F. The van der Waals surface area contributed by atoms with E-state index in [2.05, 4.69) is 9.47 Å². The van der Waals surface area contributed by atoms with E-state index in [1.165, 1.54) is 0 Å². The van der Waals surface area contributed by atoms with Crippen molar-refractivity contribution in [1.82, 2.24) is 0 Å². The number of methoxy groups -OCH3 is 1. The lowest BCUT2D eigenvalue weighted by Crippen LogP contribution is -2.20. The van der Waals surface area contributed by atoms with Gasteiger partial charge in [-0.1, -0.05) is 11.6 Å². The topological polar surface area (TPSA) is 61.5 Å². The summed E-state index contributed by atoms with van der Waals surface area (Å²) in [5.74, 6) is -1.84. The first-order valence-corrected chi connectivity index (χ1v) is 4.55. The highest BCUT2D eigenvalue weighted by Gasteiger charge is 2.34. The van der Waals surface area contributed by atoms with Crippen LogP contribution in [-0.2, 0) is 4.74 Å². The molecule has 0 saturated carbocycles. The Bertz CT molecular complexity index is 448. The summed E-state index contributed by atoms with van der Waals surface area (Å²) < 4.78 is 44.2. The lowest BCUT2D eigenvalue weighted by atomic mass is 10.1. The van der Waals surface area contributed by atoms with Crippen molar-refractivity contribution in [2.24, 2.45) is 0 Å². The van der Waals surface area contributed by atoms with Gasteiger partial charge in [-0.15, -0.1) is 13.2 Å². The molecular formula is C9H7ClF3NO3. The second-order valence-electron chi connectivity index (χ2n) is 2.91. The molecule has 0 aliphatic carbocycles. The fraction of sp³-hybridized carbons (Fsp3) is 0.222. The van der Waals surface area contributed by atoms with Gasteiger partial charge in [-0.3, -0.25) is 0 Å². The third-order valence-corrected chi connectivity index (χ3v) is 1.93. The van der Waals surface area contributed by atoms with Crippen LogP contribution in [0, 0.1) is 0 Å². The predicted octanol–water partition coefficient (Wildman–Crippen LogP) is 2.61. The molecule has 0 aromatic heterocycles. The van der Waals surface area contributed by atoms with Gasteiger partial charge in [0, 0.05) is 11.1 Å². The van der Waals surface area contributed by atoms with Gasteiger partial charge in [0.25, 0.3) is 0 Å². The van der Waals surface area contributed by atoms with Crippen LogP contribution in [0.3, 0.4) is 0 Å². The van der Waals surface area contributed by atoms with Crippen LogP contribution in [0.1, 0.15) is 10.4 Å². The van der Waals surface area contributed by atoms with Crippen LogP contribution in [0.4, 0.5) is 18.9 Å². The van der Waals surface area contributed by atoms with Gasteiger partial charge in [0.15, 0.2) is 0 Å². The second kappa shape index (κ2) is 4.70. The minimum Gasteiger partial charge on any atom is -0.465 e. The number of hydrogen-bond donors (Lipinski definition) is 1. The molecular weight excluding hydrogens is 263 g/mol. The molecule has 2 N–H and O–H groups in total. The molecule has 0 fully saturated rings. The number of nitrogen functional groups attached to an aromatic ring is 1. The van der Waals surface area contributed by atoms with Crippen LogP contribution in [-0.4, -0.2) is 19.4 Å². The molecule has 94 valence electrons. The number of alkyl halides is 3. The fourth-order valence-electron chi connectivity index (χ4n) is 1.13. The van der Waals surface area contributed by atoms with Gasteiger partial charge in [0.1, 0.15) is 11.3 Å². The highest BCUT2D eigenvalue weighted by atomic mass is 35.5. The van der Waals surface area contributed by atoms with Crippen LogP contribution in [0.15, 0.2) is 12.1 Å². The summed E-state index contributed by atoms with van der Waals surface area (Å²) in [7, 11) is 1.01. The number of rotatable bonds is 2. The summed E-state index contributed by atoms with van der Waals surface area (Å²) in [6.07, 6.45) is -4.96. The Morgan fingerprint density at radius 2 is 2.00 bits per heavy atom. The third kappa shape index (κ3) is 3.42. The summed E-state index contributed by atoms with van der Waals surface area (Å²) >= 11 is 5.52. The molecule has 0 bridgehead atoms. The van der Waals surface area contributed by atoms with E-state index in [0.717, 1.165) is 19.2 Å². The zero-order valence-electron chi connectivity index (χ0n) is 8.47. The van der Waals surface area contributed by atoms with Gasteiger partial charge in [0.2, 0.25) is 0 Å². The van der Waals surface area contributed by atoms with Crippen molar-refractivity contribution in [3.8, 4) is 5.75 Å². The predicted molar refractivity (Wildman–Crippen MR) is 53.9 cm³/mol. The summed E-state index contributed by atoms with van der Waals surface area (Å²) in [4.78, 5) is 11.3. The molecule has 0 saturated heterocycles. The molecule has 0 spiro atoms. The van der Waals surface area contributed by atoms with Gasteiger partial charge in [0.05, 0.1) is 12.8 Å². The van der Waals surface area contributed by atoms with Gasteiger partial charge in [-0.25, -0.2) is 4.79 Å². The third-order valence-electron chi connectivity index (χ3n) is 1.71. The van der Waals surface area contributed by atoms with Crippen LogP contribution >= 0.6 is 11.6 Å². The van der Waals surface area contributed by atoms with E-state index < -0.39 is 23.6 Å². The van der Waals surface area contributed by atoms with Gasteiger partial charge < -0.3 is 15.2 Å². The Morgan fingerprint density at radius 3 is 2.47 bits per heavy atom. The van der Waals surface area contributed by atoms with Crippen molar-refractivity contribution in [2.45, 2.75) is 6.36 Å². The Kier molecular flexibility index (Phi) is 3.72. The Labute approximate surface area is 99.1 Å². The summed E-state index contributed by atoms with van der Waals surface area (Å²) in [6.45, 7) is 0. The number of carbonyl (C=O) groups excluding carboxylic acids is 1. The first-order valence-electron chi connectivity index (χ1n) is 4.17. The molecule has 0 aliphatic heterocycles. The molecule has 1 rings (SSSR count). The standard InChI is InChI=1S/C9H7ClF3NO3/c1-16-8(15)7-5(14)2-4(10)3-6(7)17-9(11,12)13/h2-3H,14H2,1H3. The molecule has 0 radical (unpaired) electrons. The molecule has 0 heterocycles. The van der Waals surface area contributed by atoms with Crippen LogP contribution in [0.5, 0.6) is 5.75 Å². The fourth-order valence-corrected chi connectivity index (χ4v) is 1.34. The number of halogens is 4. The van der Waals surface area contributed by atoms with Crippen LogP contribution in [0.25, 0.3) is 0 Å². The van der Waals surface area contributed by atoms with Crippen molar-refractivity contribution < 1.29 is 27.4 Å². The van der Waals surface area contributed by atoms with Crippen molar-refractivity contribution in [2.75, 3.05) is 12.8 Å². The van der Waals surface area contributed by atoms with E-state index in [1.807, 2.05) is 0 Å². The molecule has 1 aromatic carbocycles. The summed E-state index contributed by atoms with van der Waals surface area (Å²) in [6, 6.07) is 1.95. The van der Waals surface area contributed by atoms with Gasteiger partial charge in [-0.2, -0.15) is 0 Å². The van der Waals surface area contributed by atoms with Crippen LogP contribution in [0.2, 0.25) is 5.02 Å². The van der Waals surface area contributed by atoms with E-state index in [1.54, 1.807) is 0 Å². The maximum atomic E-state index is 12.1. The Morgan fingerprint density at radius 1 is 1.41 bits per heavy atom. The monoisotopic (exact) mass is 269 g/mol. The lowest BCUT2D eigenvalue weighted by molar-refractivity contribution is -0.274. The molecule has 0 aliphatic rings. The lowest BCUT2D eigenvalue weighted by Gasteiger charge is -2.14. The second-order valence-corrected chi connectivity index (χ2v) is 3.34. The van der Waals surface area contributed by atoms with E-state index in [4.69, 9.17) is 17.3 Å². The molecule has 0 atom stereocenters. The van der Waals surface area contributed by atoms with Gasteiger partial charge in [-0.05, 0) is 6.07 Å². The number of anilines is 1. The zero-order chi connectivity index (χ0) is 13.2. The quantitative estimate of drug-likeness (QED) is 0.662. The number of hydrogen-bond acceptors (Lipinski definition) is 4. The normalized spacial score (nSPS) is 11.1. The van der Waals surface area contributed by atoms with Crippen molar-refractivity contribution in [1.29, 1.82) is 0 Å². The maximum Gasteiger partial charge on any atom is 0.573 e. The molecule has 0 unspecified atom stereocenters. The van der Waals surface area contributed by atoms with E-state index in [0.29, 0.717) is 0 Å². The molecule has 8 heteroatoms. The van der Waals surface area contributed by atoms with E-state index in [-0.39, 0.29) is 10.7 Å². The highest BCUT2D eigenvalue weighted by Crippen LogP contribution is 2.33. The average Bonchev–Trinajstić information content (AvgIpc) is 2.13. The number of nitrogens with two attached hydrogens (primary N) is 1. The minimum absolute atomic E-state index is 0.0885. The van der Waals surface area contributed by atoms with Crippen molar-refractivity contribution in [3.05, 3.63) is 22.7 Å². The Hall–Kier alpha value is -1.63. The van der Waals surface area contributed by atoms with Crippen molar-refractivity contribution in [3.63, 3.8) is 0 Å². The number of carbonyl (C=O) groups is 1. The molecule has 4 nitrogen and oxygen atoms in total. The smallest absolute Gasteiger partial charge is 0.465 e. The first-order chi connectivity index (χ1) is 7.74. The summed E-state index contributed by atoms with van der Waals surface area (Å²) in [5, 5.41) is -0.0885. The first kappa shape index (κ1) is 13.4. The van der Waals surface area contributed by atoms with Crippen LogP contribution < -0.4 is 10.5 Å². The zero-order valence-corrected chi connectivity index (χ0v) is 9.22. The number of esters is 1. The van der Waals surface area contributed by atoms with Gasteiger partial charge >= 0.3 is 12.3 Å².